The predicted octanol–water partition coefficient (Wildman–Crippen LogP) is 4.17. The molecule has 0 aliphatic rings. The van der Waals surface area contributed by atoms with Gasteiger partial charge in [0.2, 0.25) is 0 Å². The summed E-state index contributed by atoms with van der Waals surface area (Å²) >= 11 is 0. The van der Waals surface area contributed by atoms with E-state index in [1.165, 1.54) is 11.6 Å². The number of guanidine groups is 1. The molecule has 1 unspecified atom stereocenters. The Labute approximate surface area is 171 Å². The van der Waals surface area contributed by atoms with Gasteiger partial charge in [0, 0.05) is 18.7 Å². The average Bonchev–Trinajstić information content (AvgIpc) is 2.65. The number of rotatable bonds is 6. The zero-order chi connectivity index (χ0) is 18.1. The molecule has 0 aromatic heterocycles. The second-order valence-corrected chi connectivity index (χ2v) is 5.81. The van der Waals surface area contributed by atoms with Gasteiger partial charge >= 0.3 is 0 Å². The first-order valence-electron chi connectivity index (χ1n) is 8.39. The predicted molar refractivity (Wildman–Crippen MR) is 114 cm³/mol. The Morgan fingerprint density at radius 1 is 1.19 bits per heavy atom. The fraction of sp³-hybridized carbons (Fsp3) is 0.300. The van der Waals surface area contributed by atoms with Crippen molar-refractivity contribution in [2.45, 2.75) is 26.3 Å². The molecule has 0 aliphatic heterocycles. The van der Waals surface area contributed by atoms with Gasteiger partial charge in [-0.2, -0.15) is 5.26 Å². The van der Waals surface area contributed by atoms with E-state index in [0.29, 0.717) is 23.0 Å². The standard InChI is InChI=1S/C20H23FN4.HI/c1-3-23-20(24-13-15(2)17-7-5-4-6-8-17)25-14-18-10-9-16(12-22)11-19(18)21;/h4-11,15H,3,13-14H2,1-2H3,(H2,23,24,25);1H. The van der Waals surface area contributed by atoms with Crippen molar-refractivity contribution in [1.29, 1.82) is 5.26 Å². The number of hydrogen-bond acceptors (Lipinski definition) is 2. The Morgan fingerprint density at radius 2 is 1.92 bits per heavy atom. The van der Waals surface area contributed by atoms with Gasteiger partial charge in [0.1, 0.15) is 5.82 Å². The minimum atomic E-state index is -0.406. The van der Waals surface area contributed by atoms with Gasteiger partial charge in [-0.15, -0.1) is 24.0 Å². The third-order valence-corrected chi connectivity index (χ3v) is 3.88. The Balaban J connectivity index is 0.00000338. The number of hydrogen-bond donors (Lipinski definition) is 2. The Hall–Kier alpha value is -2.14. The summed E-state index contributed by atoms with van der Waals surface area (Å²) in [6, 6.07) is 16.6. The summed E-state index contributed by atoms with van der Waals surface area (Å²) < 4.78 is 13.9. The number of aliphatic imine (C=N–C) groups is 1. The van der Waals surface area contributed by atoms with Crippen molar-refractivity contribution in [1.82, 2.24) is 10.6 Å². The highest BCUT2D eigenvalue weighted by Gasteiger charge is 2.07. The number of nitrogens with one attached hydrogen (secondary N) is 2. The zero-order valence-corrected chi connectivity index (χ0v) is 17.3. The van der Waals surface area contributed by atoms with E-state index in [2.05, 4.69) is 34.7 Å². The van der Waals surface area contributed by atoms with Crippen molar-refractivity contribution in [3.63, 3.8) is 0 Å². The minimum absolute atomic E-state index is 0. The second-order valence-electron chi connectivity index (χ2n) is 5.81. The molecule has 2 N–H and O–H groups in total. The molecule has 0 spiro atoms. The molecule has 2 aromatic rings. The van der Waals surface area contributed by atoms with E-state index < -0.39 is 5.82 Å². The molecular weight excluding hydrogens is 442 g/mol. The molecule has 138 valence electrons. The summed E-state index contributed by atoms with van der Waals surface area (Å²) in [6.07, 6.45) is 0. The second kappa shape index (κ2) is 11.5. The first-order chi connectivity index (χ1) is 12.1. The van der Waals surface area contributed by atoms with Crippen LogP contribution in [0.25, 0.3) is 0 Å². The highest BCUT2D eigenvalue weighted by molar-refractivity contribution is 14.0. The normalized spacial score (nSPS) is 11.8. The molecule has 2 rings (SSSR count). The zero-order valence-electron chi connectivity index (χ0n) is 15.0. The maximum atomic E-state index is 13.9. The van der Waals surface area contributed by atoms with Gasteiger partial charge in [0.05, 0.1) is 18.2 Å². The van der Waals surface area contributed by atoms with E-state index in [1.807, 2.05) is 31.2 Å². The Kier molecular flexibility index (Phi) is 9.66. The van der Waals surface area contributed by atoms with E-state index in [4.69, 9.17) is 5.26 Å². The average molecular weight is 466 g/mol. The van der Waals surface area contributed by atoms with Crippen LogP contribution in [0.1, 0.15) is 36.5 Å². The largest absolute Gasteiger partial charge is 0.357 e. The van der Waals surface area contributed by atoms with E-state index in [1.54, 1.807) is 12.1 Å². The molecule has 0 saturated heterocycles. The van der Waals surface area contributed by atoms with Crippen molar-refractivity contribution in [2.24, 2.45) is 4.99 Å². The van der Waals surface area contributed by atoms with Crippen LogP contribution in [0.15, 0.2) is 53.5 Å². The van der Waals surface area contributed by atoms with Crippen LogP contribution in [-0.4, -0.2) is 19.0 Å². The molecule has 0 aliphatic carbocycles. The van der Waals surface area contributed by atoms with Crippen LogP contribution >= 0.6 is 24.0 Å². The Bertz CT molecular complexity index is 756. The summed E-state index contributed by atoms with van der Waals surface area (Å²) in [4.78, 5) is 4.44. The maximum Gasteiger partial charge on any atom is 0.191 e. The third-order valence-electron chi connectivity index (χ3n) is 3.88. The molecule has 6 heteroatoms. The van der Waals surface area contributed by atoms with Gasteiger partial charge in [0.15, 0.2) is 5.96 Å². The molecule has 0 heterocycles. The molecule has 0 amide bonds. The van der Waals surface area contributed by atoms with Crippen molar-refractivity contribution < 1.29 is 4.39 Å². The molecule has 2 aromatic carbocycles. The van der Waals surface area contributed by atoms with Crippen LogP contribution in [-0.2, 0) is 6.54 Å². The lowest BCUT2D eigenvalue weighted by Gasteiger charge is -2.16. The molecule has 0 radical (unpaired) electrons. The maximum absolute atomic E-state index is 13.9. The van der Waals surface area contributed by atoms with Crippen LogP contribution in [0.3, 0.4) is 0 Å². The fourth-order valence-corrected chi connectivity index (χ4v) is 2.40. The van der Waals surface area contributed by atoms with Gasteiger partial charge < -0.3 is 10.6 Å². The van der Waals surface area contributed by atoms with E-state index >= 15 is 0 Å². The molecule has 0 fully saturated rings. The van der Waals surface area contributed by atoms with Crippen molar-refractivity contribution in [2.75, 3.05) is 13.1 Å². The molecule has 0 bridgehead atoms. The van der Waals surface area contributed by atoms with Crippen LogP contribution < -0.4 is 10.6 Å². The van der Waals surface area contributed by atoms with Gasteiger partial charge in [-0.1, -0.05) is 43.3 Å². The van der Waals surface area contributed by atoms with Gasteiger partial charge in [0.25, 0.3) is 0 Å². The summed E-state index contributed by atoms with van der Waals surface area (Å²) in [7, 11) is 0. The highest BCUT2D eigenvalue weighted by atomic mass is 127. The minimum Gasteiger partial charge on any atom is -0.357 e. The monoisotopic (exact) mass is 466 g/mol. The number of nitriles is 1. The van der Waals surface area contributed by atoms with Gasteiger partial charge in [-0.3, -0.25) is 0 Å². The van der Waals surface area contributed by atoms with Crippen molar-refractivity contribution in [3.05, 3.63) is 71.0 Å². The first kappa shape index (κ1) is 21.9. The molecule has 0 saturated carbocycles. The van der Waals surface area contributed by atoms with Crippen molar-refractivity contribution in [3.8, 4) is 6.07 Å². The SMILES string of the molecule is CCNC(=NCc1ccc(C#N)cc1F)NCC(C)c1ccccc1.I. The van der Waals surface area contributed by atoms with Gasteiger partial charge in [-0.25, -0.2) is 9.38 Å². The van der Waals surface area contributed by atoms with Crippen LogP contribution in [0.4, 0.5) is 4.39 Å². The van der Waals surface area contributed by atoms with Crippen molar-refractivity contribution >= 4 is 29.9 Å². The van der Waals surface area contributed by atoms with Gasteiger partial charge in [-0.05, 0) is 30.5 Å². The van der Waals surface area contributed by atoms with Crippen LogP contribution in [0.5, 0.6) is 0 Å². The molecular formula is C20H24FIN4. The number of benzene rings is 2. The molecule has 26 heavy (non-hydrogen) atoms. The lowest BCUT2D eigenvalue weighted by atomic mass is 10.0. The number of halogens is 2. The van der Waals surface area contributed by atoms with E-state index in [-0.39, 0.29) is 30.5 Å². The van der Waals surface area contributed by atoms with Crippen LogP contribution in [0, 0.1) is 17.1 Å². The Morgan fingerprint density at radius 3 is 2.54 bits per heavy atom. The number of nitrogens with zero attached hydrogens (tertiary/aromatic N) is 2. The lowest BCUT2D eigenvalue weighted by molar-refractivity contribution is 0.609. The van der Waals surface area contributed by atoms with E-state index in [0.717, 1.165) is 13.1 Å². The summed E-state index contributed by atoms with van der Waals surface area (Å²) in [6.45, 7) is 5.80. The third kappa shape index (κ3) is 6.64. The summed E-state index contributed by atoms with van der Waals surface area (Å²) in [5.74, 6) is 0.571. The first-order valence-corrected chi connectivity index (χ1v) is 8.39. The molecule has 1 atom stereocenters. The summed E-state index contributed by atoms with van der Waals surface area (Å²) in [5.41, 5.74) is 2.03. The topological polar surface area (TPSA) is 60.2 Å². The molecule has 4 nitrogen and oxygen atoms in total. The smallest absolute Gasteiger partial charge is 0.191 e. The van der Waals surface area contributed by atoms with E-state index in [9.17, 15) is 4.39 Å². The van der Waals surface area contributed by atoms with Crippen LogP contribution in [0.2, 0.25) is 0 Å². The highest BCUT2D eigenvalue weighted by Crippen LogP contribution is 2.13. The quantitative estimate of drug-likeness (QED) is 0.382. The fourth-order valence-electron chi connectivity index (χ4n) is 2.40. The lowest BCUT2D eigenvalue weighted by Crippen LogP contribution is -2.39. The summed E-state index contributed by atoms with van der Waals surface area (Å²) in [5, 5.41) is 15.3.